The molecule has 2 heterocycles. The van der Waals surface area contributed by atoms with E-state index in [4.69, 9.17) is 4.74 Å². The molecule has 37 heavy (non-hydrogen) atoms. The van der Waals surface area contributed by atoms with E-state index in [-0.39, 0.29) is 11.4 Å². The molecule has 0 unspecified atom stereocenters. The van der Waals surface area contributed by atoms with E-state index in [2.05, 4.69) is 15.4 Å². The molecule has 0 spiro atoms. The van der Waals surface area contributed by atoms with Crippen LogP contribution in [0.3, 0.4) is 0 Å². The number of carbonyl (C=O) groups is 2. The van der Waals surface area contributed by atoms with Crippen LogP contribution in [0.2, 0.25) is 0 Å². The summed E-state index contributed by atoms with van der Waals surface area (Å²) in [5.74, 6) is 0.910. The quantitative estimate of drug-likeness (QED) is 0.424. The minimum absolute atomic E-state index is 0.222. The first-order chi connectivity index (χ1) is 18.2. The number of ether oxygens (including phenoxy) is 1. The van der Waals surface area contributed by atoms with Gasteiger partial charge in [0.1, 0.15) is 22.9 Å². The van der Waals surface area contributed by atoms with Crippen LogP contribution in [0, 0.1) is 0 Å². The van der Waals surface area contributed by atoms with Crippen LogP contribution < -0.4 is 20.7 Å². The number of carbonyl (C=O) groups excluding carboxylic acids is 2. The molecule has 0 saturated carbocycles. The Labute approximate surface area is 212 Å². The summed E-state index contributed by atoms with van der Waals surface area (Å²) in [4.78, 5) is 35.0. The monoisotopic (exact) mass is 484 g/mol. The second-order valence-electron chi connectivity index (χ2n) is 8.38. The van der Waals surface area contributed by atoms with Crippen LogP contribution in [0.1, 0.15) is 11.1 Å². The van der Waals surface area contributed by atoms with Crippen molar-refractivity contribution in [2.75, 3.05) is 0 Å². The van der Waals surface area contributed by atoms with Gasteiger partial charge in [-0.3, -0.25) is 15.0 Å². The van der Waals surface area contributed by atoms with E-state index in [1.807, 2.05) is 97.1 Å². The molecule has 6 rings (SSSR count). The summed E-state index contributed by atoms with van der Waals surface area (Å²) in [6.07, 6.45) is 1.70. The van der Waals surface area contributed by atoms with Crippen LogP contribution in [-0.4, -0.2) is 22.7 Å². The average Bonchev–Trinajstić information content (AvgIpc) is 3.41. The number of aliphatic imine (C=N–C) groups is 1. The SMILES string of the molecule is O=C1N=c2ccccc2=C1NN1C(=O)/C(=C/c2cccc(Oc3ccccc3)c2)N=C1c1ccccc1. The maximum atomic E-state index is 13.6. The Kier molecular flexibility index (Phi) is 5.63. The fraction of sp³-hybridized carbons (Fsp3) is 0. The molecule has 0 radical (unpaired) electrons. The average molecular weight is 485 g/mol. The van der Waals surface area contributed by atoms with Gasteiger partial charge < -0.3 is 4.74 Å². The Morgan fingerprint density at radius 3 is 2.24 bits per heavy atom. The highest BCUT2D eigenvalue weighted by Gasteiger charge is 2.33. The van der Waals surface area contributed by atoms with Crippen molar-refractivity contribution in [3.05, 3.63) is 137 Å². The summed E-state index contributed by atoms with van der Waals surface area (Å²) >= 11 is 0. The van der Waals surface area contributed by atoms with Gasteiger partial charge in [-0.05, 0) is 42.0 Å². The molecular formula is C30H20N4O3. The molecule has 2 aliphatic rings. The van der Waals surface area contributed by atoms with Crippen LogP contribution in [0.15, 0.2) is 125 Å². The normalized spacial score (nSPS) is 15.5. The number of hydrogen-bond donors (Lipinski definition) is 1. The molecule has 0 aromatic heterocycles. The predicted molar refractivity (Wildman–Crippen MR) is 140 cm³/mol. The van der Waals surface area contributed by atoms with Gasteiger partial charge in [-0.2, -0.15) is 5.01 Å². The molecule has 0 fully saturated rings. The summed E-state index contributed by atoms with van der Waals surface area (Å²) in [7, 11) is 0. The van der Waals surface area contributed by atoms with Crippen LogP contribution in [0.5, 0.6) is 11.5 Å². The molecular weight excluding hydrogens is 464 g/mol. The summed E-state index contributed by atoms with van der Waals surface area (Å²) in [5.41, 5.74) is 4.93. The summed E-state index contributed by atoms with van der Waals surface area (Å²) in [6, 6.07) is 33.4. The molecule has 7 nitrogen and oxygen atoms in total. The van der Waals surface area contributed by atoms with E-state index in [0.29, 0.717) is 27.9 Å². The van der Waals surface area contributed by atoms with Gasteiger partial charge in [-0.1, -0.05) is 78.9 Å². The molecule has 178 valence electrons. The molecule has 2 amide bonds. The van der Waals surface area contributed by atoms with E-state index >= 15 is 0 Å². The highest BCUT2D eigenvalue weighted by atomic mass is 16.5. The van der Waals surface area contributed by atoms with Gasteiger partial charge in [0.15, 0.2) is 5.84 Å². The third-order valence-corrected chi connectivity index (χ3v) is 5.87. The van der Waals surface area contributed by atoms with Crippen LogP contribution in [0.4, 0.5) is 0 Å². The first-order valence-corrected chi connectivity index (χ1v) is 11.7. The number of hydrazine groups is 1. The fourth-order valence-corrected chi connectivity index (χ4v) is 4.13. The van der Waals surface area contributed by atoms with Crippen molar-refractivity contribution < 1.29 is 14.3 Å². The predicted octanol–water partition coefficient (Wildman–Crippen LogP) is 3.58. The third kappa shape index (κ3) is 4.41. The number of rotatable bonds is 6. The third-order valence-electron chi connectivity index (χ3n) is 5.87. The summed E-state index contributed by atoms with van der Waals surface area (Å²) in [5, 5.41) is 2.50. The number of nitrogens with zero attached hydrogens (tertiary/aromatic N) is 3. The highest BCUT2D eigenvalue weighted by Crippen LogP contribution is 2.25. The van der Waals surface area contributed by atoms with Gasteiger partial charge >= 0.3 is 0 Å². The lowest BCUT2D eigenvalue weighted by molar-refractivity contribution is -0.124. The second kappa shape index (κ2) is 9.39. The minimum Gasteiger partial charge on any atom is -0.457 e. The zero-order valence-corrected chi connectivity index (χ0v) is 19.5. The lowest BCUT2D eigenvalue weighted by atomic mass is 10.2. The molecule has 4 aromatic carbocycles. The van der Waals surface area contributed by atoms with Crippen molar-refractivity contribution in [2.45, 2.75) is 0 Å². The second-order valence-corrected chi connectivity index (χ2v) is 8.38. The topological polar surface area (TPSA) is 83.4 Å². The molecule has 1 N–H and O–H groups in total. The van der Waals surface area contributed by atoms with Crippen molar-refractivity contribution >= 4 is 29.4 Å². The number of hydrogen-bond acceptors (Lipinski definition) is 5. The molecule has 0 aliphatic carbocycles. The van der Waals surface area contributed by atoms with Crippen molar-refractivity contribution in [1.82, 2.24) is 10.4 Å². The van der Waals surface area contributed by atoms with Crippen molar-refractivity contribution in [3.63, 3.8) is 0 Å². The van der Waals surface area contributed by atoms with E-state index in [1.165, 1.54) is 5.01 Å². The Balaban J connectivity index is 1.36. The number of para-hydroxylation sites is 2. The molecule has 2 aliphatic heterocycles. The zero-order chi connectivity index (χ0) is 25.2. The minimum atomic E-state index is -0.440. The Morgan fingerprint density at radius 1 is 0.730 bits per heavy atom. The van der Waals surface area contributed by atoms with Crippen LogP contribution in [-0.2, 0) is 9.59 Å². The first kappa shape index (κ1) is 22.2. The maximum Gasteiger partial charge on any atom is 0.297 e. The van der Waals surface area contributed by atoms with Crippen molar-refractivity contribution in [2.24, 2.45) is 9.98 Å². The van der Waals surface area contributed by atoms with Gasteiger partial charge in [0.05, 0.1) is 5.36 Å². The van der Waals surface area contributed by atoms with Crippen LogP contribution >= 0.6 is 0 Å². The van der Waals surface area contributed by atoms with E-state index in [1.54, 1.807) is 18.2 Å². The molecule has 4 aromatic rings. The van der Waals surface area contributed by atoms with Gasteiger partial charge in [-0.15, -0.1) is 0 Å². The number of amides is 2. The summed E-state index contributed by atoms with van der Waals surface area (Å²) in [6.45, 7) is 0. The lowest BCUT2D eigenvalue weighted by Crippen LogP contribution is -2.46. The Hall–Kier alpha value is -5.30. The molecule has 0 saturated heterocycles. The van der Waals surface area contributed by atoms with Gasteiger partial charge in [-0.25, -0.2) is 9.98 Å². The Bertz CT molecular complexity index is 1710. The van der Waals surface area contributed by atoms with Gasteiger partial charge in [0.25, 0.3) is 11.8 Å². The Morgan fingerprint density at radius 2 is 1.43 bits per heavy atom. The van der Waals surface area contributed by atoms with Crippen LogP contribution in [0.25, 0.3) is 11.8 Å². The molecule has 0 atom stereocenters. The number of benzene rings is 4. The standard InChI is InChI=1S/C30H20N4O3/c35-29-27(24-16-7-8-17-25(24)32-29)33-34-28(21-11-3-1-4-12-21)31-26(30(34)36)19-20-10-9-15-23(18-20)37-22-13-5-2-6-14-22/h1-19H,(H,32,33,35)/b26-19-. The maximum absolute atomic E-state index is 13.6. The van der Waals surface area contributed by atoms with E-state index in [0.717, 1.165) is 11.1 Å². The number of fused-ring (bicyclic) bond motifs is 1. The number of amidine groups is 1. The lowest BCUT2D eigenvalue weighted by Gasteiger charge is -2.20. The van der Waals surface area contributed by atoms with Crippen molar-refractivity contribution in [1.29, 1.82) is 0 Å². The fourth-order valence-electron chi connectivity index (χ4n) is 4.13. The first-order valence-electron chi connectivity index (χ1n) is 11.7. The van der Waals surface area contributed by atoms with E-state index in [9.17, 15) is 9.59 Å². The largest absolute Gasteiger partial charge is 0.457 e. The molecule has 7 heteroatoms. The van der Waals surface area contributed by atoms with Gasteiger partial charge in [0, 0.05) is 10.8 Å². The smallest absolute Gasteiger partial charge is 0.297 e. The highest BCUT2D eigenvalue weighted by molar-refractivity contribution is 6.21. The van der Waals surface area contributed by atoms with E-state index < -0.39 is 11.8 Å². The zero-order valence-electron chi connectivity index (χ0n) is 19.5. The molecule has 0 bridgehead atoms. The summed E-state index contributed by atoms with van der Waals surface area (Å²) < 4.78 is 5.93. The van der Waals surface area contributed by atoms with Crippen molar-refractivity contribution in [3.8, 4) is 11.5 Å². The number of nitrogens with one attached hydrogen (secondary N) is 1. The van der Waals surface area contributed by atoms with Gasteiger partial charge in [0.2, 0.25) is 0 Å².